The van der Waals surface area contributed by atoms with Crippen molar-refractivity contribution < 1.29 is 14.3 Å². The smallest absolute Gasteiger partial charge is 0.204 e. The predicted molar refractivity (Wildman–Crippen MR) is 95.5 cm³/mol. The number of halogens is 1. The van der Waals surface area contributed by atoms with Crippen LogP contribution in [0, 0.1) is 0 Å². The first-order chi connectivity index (χ1) is 11.6. The number of hydrogen-bond donors (Lipinski definition) is 1. The van der Waals surface area contributed by atoms with Gasteiger partial charge in [0.2, 0.25) is 5.43 Å². The molecule has 0 atom stereocenters. The molecule has 0 saturated carbocycles. The van der Waals surface area contributed by atoms with Crippen LogP contribution in [0.2, 0.25) is 5.02 Å². The van der Waals surface area contributed by atoms with E-state index < -0.39 is 0 Å². The van der Waals surface area contributed by atoms with Gasteiger partial charge in [0.05, 0.1) is 18.2 Å². The number of rotatable bonds is 2. The number of anilines is 1. The Morgan fingerprint density at radius 3 is 2.75 bits per heavy atom. The summed E-state index contributed by atoms with van der Waals surface area (Å²) < 4.78 is 12.0. The maximum absolute atomic E-state index is 12.4. The highest BCUT2D eigenvalue weighted by Crippen LogP contribution is 2.37. The minimum atomic E-state index is -0.0566. The molecule has 5 nitrogen and oxygen atoms in total. The van der Waals surface area contributed by atoms with Crippen LogP contribution in [0.25, 0.3) is 21.4 Å². The van der Waals surface area contributed by atoms with Crippen molar-refractivity contribution in [1.82, 2.24) is 0 Å². The summed E-state index contributed by atoms with van der Waals surface area (Å²) in [6.45, 7) is 2.62. The lowest BCUT2D eigenvalue weighted by atomic mass is 10.1. The molecule has 2 aromatic heterocycles. The Balaban J connectivity index is 1.86. The molecule has 3 heterocycles. The van der Waals surface area contributed by atoms with Crippen LogP contribution in [-0.4, -0.2) is 31.4 Å². The lowest BCUT2D eigenvalue weighted by molar-refractivity contribution is 0.121. The van der Waals surface area contributed by atoms with E-state index in [1.807, 2.05) is 10.3 Å². The number of nitrogens with zero attached hydrogens (tertiary/aromatic N) is 1. The number of ether oxygens (including phenoxy) is 1. The summed E-state index contributed by atoms with van der Waals surface area (Å²) in [5, 5.41) is 11.7. The summed E-state index contributed by atoms with van der Waals surface area (Å²) in [5.74, 6) is 0.579. The molecule has 0 bridgehead atoms. The van der Waals surface area contributed by atoms with Crippen molar-refractivity contribution in [3.05, 3.63) is 44.9 Å². The van der Waals surface area contributed by atoms with Gasteiger partial charge in [-0.1, -0.05) is 17.7 Å². The lowest BCUT2D eigenvalue weighted by Crippen LogP contribution is -2.36. The van der Waals surface area contributed by atoms with E-state index in [1.54, 1.807) is 12.1 Å². The molecule has 0 unspecified atom stereocenters. The highest BCUT2D eigenvalue weighted by Gasteiger charge is 2.18. The van der Waals surface area contributed by atoms with Gasteiger partial charge in [-0.3, -0.25) is 4.79 Å². The van der Waals surface area contributed by atoms with Crippen molar-refractivity contribution >= 4 is 39.1 Å². The third kappa shape index (κ3) is 2.66. The van der Waals surface area contributed by atoms with Crippen LogP contribution in [0.1, 0.15) is 0 Å². The average Bonchev–Trinajstić information content (AvgIpc) is 3.03. The van der Waals surface area contributed by atoms with Crippen molar-refractivity contribution in [1.29, 1.82) is 0 Å². The second-order valence-corrected chi connectivity index (χ2v) is 6.81. The largest absolute Gasteiger partial charge is 0.506 e. The fourth-order valence-corrected chi connectivity index (χ4v) is 3.84. The van der Waals surface area contributed by atoms with Gasteiger partial charge in [0.15, 0.2) is 11.5 Å². The molecule has 3 aromatic rings. The Hall–Kier alpha value is -2.02. The second-order valence-electron chi connectivity index (χ2n) is 5.52. The number of hydrogen-bond acceptors (Lipinski definition) is 6. The average molecular weight is 364 g/mol. The van der Waals surface area contributed by atoms with E-state index in [2.05, 4.69) is 0 Å². The first kappa shape index (κ1) is 15.5. The summed E-state index contributed by atoms with van der Waals surface area (Å²) in [6, 6.07) is 6.49. The number of phenolic OH excluding ortho intramolecular Hbond substituents is 1. The van der Waals surface area contributed by atoms with Crippen LogP contribution in [0.5, 0.6) is 5.75 Å². The molecule has 124 valence electrons. The first-order valence-corrected chi connectivity index (χ1v) is 8.76. The van der Waals surface area contributed by atoms with E-state index in [1.165, 1.54) is 23.5 Å². The molecule has 0 aliphatic carbocycles. The molecular weight excluding hydrogens is 350 g/mol. The van der Waals surface area contributed by atoms with Gasteiger partial charge < -0.3 is 19.2 Å². The summed E-state index contributed by atoms with van der Waals surface area (Å²) >= 11 is 7.35. The number of fused-ring (bicyclic) bond motifs is 1. The van der Waals surface area contributed by atoms with Crippen molar-refractivity contribution in [2.24, 2.45) is 0 Å². The SMILES string of the molecule is O=c1cc(N2CCOCC2)oc2c(-c3ccc(O)c(Cl)c3)csc12. The van der Waals surface area contributed by atoms with Gasteiger partial charge >= 0.3 is 0 Å². The summed E-state index contributed by atoms with van der Waals surface area (Å²) in [7, 11) is 0. The van der Waals surface area contributed by atoms with Crippen molar-refractivity contribution in [2.45, 2.75) is 0 Å². The van der Waals surface area contributed by atoms with Gasteiger partial charge in [-0.05, 0) is 17.7 Å². The molecule has 1 aromatic carbocycles. The van der Waals surface area contributed by atoms with Gasteiger partial charge in [-0.15, -0.1) is 11.3 Å². The number of phenols is 1. The van der Waals surface area contributed by atoms with E-state index in [0.717, 1.165) is 11.1 Å². The zero-order valence-electron chi connectivity index (χ0n) is 12.6. The van der Waals surface area contributed by atoms with Crippen LogP contribution in [0.3, 0.4) is 0 Å². The molecule has 0 amide bonds. The molecule has 4 rings (SSSR count). The second kappa shape index (κ2) is 6.12. The monoisotopic (exact) mass is 363 g/mol. The molecule has 0 spiro atoms. The quantitative estimate of drug-likeness (QED) is 0.751. The van der Waals surface area contributed by atoms with Gasteiger partial charge in [0.1, 0.15) is 10.4 Å². The van der Waals surface area contributed by atoms with Crippen molar-refractivity contribution in [3.8, 4) is 16.9 Å². The van der Waals surface area contributed by atoms with Gasteiger partial charge in [-0.2, -0.15) is 0 Å². The van der Waals surface area contributed by atoms with Gasteiger partial charge in [-0.25, -0.2) is 0 Å². The number of morpholine rings is 1. The standard InChI is InChI=1S/C17H14ClNO4S/c18-12-7-10(1-2-13(12)20)11-9-24-17-14(21)8-15(23-16(11)17)19-3-5-22-6-4-19/h1-2,7-9,20H,3-6H2. The lowest BCUT2D eigenvalue weighted by Gasteiger charge is -2.27. The maximum Gasteiger partial charge on any atom is 0.204 e. The Morgan fingerprint density at radius 2 is 2.00 bits per heavy atom. The molecule has 1 fully saturated rings. The van der Waals surface area contributed by atoms with E-state index >= 15 is 0 Å². The fraction of sp³-hybridized carbons (Fsp3) is 0.235. The zero-order valence-corrected chi connectivity index (χ0v) is 14.2. The van der Waals surface area contributed by atoms with Crippen molar-refractivity contribution in [2.75, 3.05) is 31.2 Å². The predicted octanol–water partition coefficient (Wildman–Crippen LogP) is 3.72. The topological polar surface area (TPSA) is 62.9 Å². The van der Waals surface area contributed by atoms with E-state index in [0.29, 0.717) is 42.5 Å². The Kier molecular flexibility index (Phi) is 3.96. The Labute approximate surface area is 146 Å². The highest BCUT2D eigenvalue weighted by atomic mass is 35.5. The van der Waals surface area contributed by atoms with Crippen LogP contribution < -0.4 is 10.3 Å². The molecular formula is C17H14ClNO4S. The van der Waals surface area contributed by atoms with E-state index in [9.17, 15) is 9.90 Å². The van der Waals surface area contributed by atoms with Crippen LogP contribution in [-0.2, 0) is 4.74 Å². The van der Waals surface area contributed by atoms with E-state index in [-0.39, 0.29) is 16.2 Å². The van der Waals surface area contributed by atoms with Crippen molar-refractivity contribution in [3.63, 3.8) is 0 Å². The molecule has 24 heavy (non-hydrogen) atoms. The Morgan fingerprint density at radius 1 is 1.21 bits per heavy atom. The fourth-order valence-electron chi connectivity index (χ4n) is 2.74. The minimum Gasteiger partial charge on any atom is -0.506 e. The first-order valence-electron chi connectivity index (χ1n) is 7.50. The molecule has 1 aliphatic rings. The normalized spacial score (nSPS) is 15.1. The van der Waals surface area contributed by atoms with Gasteiger partial charge in [0, 0.05) is 30.1 Å². The van der Waals surface area contributed by atoms with Crippen LogP contribution >= 0.6 is 22.9 Å². The summed E-state index contributed by atoms with van der Waals surface area (Å²) in [5.41, 5.74) is 2.09. The molecule has 1 N–H and O–H groups in total. The molecule has 1 aliphatic heterocycles. The van der Waals surface area contributed by atoms with Crippen LogP contribution in [0.4, 0.5) is 5.88 Å². The number of thiophene rings is 1. The zero-order chi connectivity index (χ0) is 16.7. The molecule has 7 heteroatoms. The van der Waals surface area contributed by atoms with E-state index in [4.69, 9.17) is 20.8 Å². The molecule has 0 radical (unpaired) electrons. The number of aromatic hydroxyl groups is 1. The summed E-state index contributed by atoms with van der Waals surface area (Å²) in [4.78, 5) is 14.4. The number of benzene rings is 1. The molecule has 1 saturated heterocycles. The van der Waals surface area contributed by atoms with Crippen LogP contribution in [0.15, 0.2) is 38.9 Å². The minimum absolute atomic E-state index is 0.0235. The highest BCUT2D eigenvalue weighted by molar-refractivity contribution is 7.17. The van der Waals surface area contributed by atoms with Gasteiger partial charge in [0.25, 0.3) is 0 Å². The third-order valence-corrected chi connectivity index (χ3v) is 5.29. The third-order valence-electron chi connectivity index (χ3n) is 4.01. The summed E-state index contributed by atoms with van der Waals surface area (Å²) in [6.07, 6.45) is 0. The maximum atomic E-state index is 12.4. The Bertz CT molecular complexity index is 959.